The summed E-state index contributed by atoms with van der Waals surface area (Å²) in [5.41, 5.74) is 0.403. The summed E-state index contributed by atoms with van der Waals surface area (Å²) in [5.74, 6) is -0.0853. The summed E-state index contributed by atoms with van der Waals surface area (Å²) in [6, 6.07) is 8.80. The number of nitrogens with zero attached hydrogens (tertiary/aromatic N) is 4. The molecule has 7 nitrogen and oxygen atoms in total. The Morgan fingerprint density at radius 2 is 1.74 bits per heavy atom. The highest BCUT2D eigenvalue weighted by Crippen LogP contribution is 2.45. The zero-order valence-electron chi connectivity index (χ0n) is 15.9. The van der Waals surface area contributed by atoms with Gasteiger partial charge in [0.05, 0.1) is 11.6 Å². The Balaban J connectivity index is 1.95. The third kappa shape index (κ3) is 2.14. The molecule has 1 saturated heterocycles. The second-order valence-corrected chi connectivity index (χ2v) is 7.28. The van der Waals surface area contributed by atoms with Crippen LogP contribution in [0.3, 0.4) is 0 Å². The van der Waals surface area contributed by atoms with Crippen molar-refractivity contribution < 1.29 is 14.4 Å². The van der Waals surface area contributed by atoms with E-state index in [2.05, 4.69) is 0 Å². The summed E-state index contributed by atoms with van der Waals surface area (Å²) >= 11 is 0. The van der Waals surface area contributed by atoms with E-state index in [4.69, 9.17) is 4.98 Å². The number of carbonyl (C=O) groups excluding carboxylic acids is 3. The second kappa shape index (κ2) is 5.77. The Morgan fingerprint density at radius 3 is 2.37 bits per heavy atom. The zero-order valence-corrected chi connectivity index (χ0v) is 15.9. The topological polar surface area (TPSA) is 73.8 Å². The minimum absolute atomic E-state index is 0.234. The van der Waals surface area contributed by atoms with Crippen molar-refractivity contribution in [1.82, 2.24) is 14.8 Å². The SMILES string of the molecule is CCN1c2nc3ccccc3cc2CC2(C(=O)N(C)C(=O)N(C)C2=O)C1C. The number of carbonyl (C=O) groups is 3. The number of hydrogen-bond donors (Lipinski definition) is 0. The summed E-state index contributed by atoms with van der Waals surface area (Å²) in [4.78, 5) is 47.6. The van der Waals surface area contributed by atoms with Crippen molar-refractivity contribution >= 4 is 34.6 Å². The highest BCUT2D eigenvalue weighted by molar-refractivity contribution is 6.20. The fourth-order valence-corrected chi connectivity index (χ4v) is 4.45. The van der Waals surface area contributed by atoms with Crippen molar-refractivity contribution in [3.05, 3.63) is 35.9 Å². The van der Waals surface area contributed by atoms with Crippen LogP contribution in [0.5, 0.6) is 0 Å². The lowest BCUT2D eigenvalue weighted by Crippen LogP contribution is -2.70. The van der Waals surface area contributed by atoms with Crippen LogP contribution in [-0.2, 0) is 16.0 Å². The molecule has 1 aromatic heterocycles. The van der Waals surface area contributed by atoms with E-state index in [1.54, 1.807) is 0 Å². The summed E-state index contributed by atoms with van der Waals surface area (Å²) in [5, 5.41) is 0.963. The number of fused-ring (bicyclic) bond motifs is 2. The van der Waals surface area contributed by atoms with Crippen molar-refractivity contribution in [2.24, 2.45) is 5.41 Å². The molecule has 2 aromatic rings. The number of para-hydroxylation sites is 1. The summed E-state index contributed by atoms with van der Waals surface area (Å²) in [7, 11) is 2.87. The molecule has 2 aliphatic heterocycles. The van der Waals surface area contributed by atoms with E-state index in [1.165, 1.54) is 14.1 Å². The average molecular weight is 366 g/mol. The van der Waals surface area contributed by atoms with Crippen molar-refractivity contribution in [3.63, 3.8) is 0 Å². The van der Waals surface area contributed by atoms with Crippen molar-refractivity contribution in [2.75, 3.05) is 25.5 Å². The standard InChI is InChI=1S/C20H22N4O3/c1-5-24-12(2)20(17(25)22(3)19(27)23(4)18(20)26)11-14-10-13-8-6-7-9-15(13)21-16(14)24/h6-10,12H,5,11H2,1-4H3. The Bertz CT molecular complexity index is 962. The predicted octanol–water partition coefficient (Wildman–Crippen LogP) is 2.04. The molecule has 1 fully saturated rings. The first-order valence-electron chi connectivity index (χ1n) is 9.08. The molecule has 2 aliphatic rings. The minimum atomic E-state index is -1.33. The van der Waals surface area contributed by atoms with E-state index in [0.717, 1.165) is 32.1 Å². The lowest BCUT2D eigenvalue weighted by atomic mass is 9.69. The Hall–Kier alpha value is -2.96. The van der Waals surface area contributed by atoms with E-state index in [0.29, 0.717) is 6.54 Å². The van der Waals surface area contributed by atoms with Crippen LogP contribution in [0.4, 0.5) is 10.6 Å². The molecule has 0 saturated carbocycles. The van der Waals surface area contributed by atoms with Crippen LogP contribution in [0.2, 0.25) is 0 Å². The number of urea groups is 1. The number of pyridine rings is 1. The van der Waals surface area contributed by atoms with Crippen LogP contribution in [-0.4, -0.2) is 59.3 Å². The van der Waals surface area contributed by atoms with Gasteiger partial charge in [0, 0.05) is 32.4 Å². The van der Waals surface area contributed by atoms with Gasteiger partial charge in [0.25, 0.3) is 0 Å². The molecule has 0 bridgehead atoms. The van der Waals surface area contributed by atoms with Crippen LogP contribution in [0.25, 0.3) is 10.9 Å². The van der Waals surface area contributed by atoms with E-state index in [-0.39, 0.29) is 6.42 Å². The fourth-order valence-electron chi connectivity index (χ4n) is 4.45. The van der Waals surface area contributed by atoms with Gasteiger partial charge in [0.2, 0.25) is 11.8 Å². The summed E-state index contributed by atoms with van der Waals surface area (Å²) in [6.45, 7) is 4.45. The van der Waals surface area contributed by atoms with E-state index >= 15 is 0 Å². The van der Waals surface area contributed by atoms with Crippen molar-refractivity contribution in [1.29, 1.82) is 0 Å². The normalized spacial score (nSPS) is 22.0. The van der Waals surface area contributed by atoms with Gasteiger partial charge in [-0.3, -0.25) is 19.4 Å². The molecule has 1 aromatic carbocycles. The number of imide groups is 2. The lowest BCUT2D eigenvalue weighted by Gasteiger charge is -2.51. The molecule has 0 N–H and O–H groups in total. The highest BCUT2D eigenvalue weighted by Gasteiger charge is 2.61. The van der Waals surface area contributed by atoms with Gasteiger partial charge in [0.1, 0.15) is 5.82 Å². The largest absolute Gasteiger partial charge is 0.352 e. The van der Waals surface area contributed by atoms with Gasteiger partial charge < -0.3 is 4.90 Å². The maximum Gasteiger partial charge on any atom is 0.332 e. The quantitative estimate of drug-likeness (QED) is 0.722. The van der Waals surface area contributed by atoms with Crippen molar-refractivity contribution in [2.45, 2.75) is 26.3 Å². The second-order valence-electron chi connectivity index (χ2n) is 7.28. The molecule has 0 aliphatic carbocycles. The number of anilines is 1. The number of rotatable bonds is 1. The van der Waals surface area contributed by atoms with Gasteiger partial charge in [-0.15, -0.1) is 0 Å². The van der Waals surface area contributed by atoms with Crippen LogP contribution < -0.4 is 4.90 Å². The maximum absolute atomic E-state index is 13.2. The molecule has 3 heterocycles. The molecular formula is C20H22N4O3. The average Bonchev–Trinajstić information content (AvgIpc) is 2.68. The maximum atomic E-state index is 13.2. The van der Waals surface area contributed by atoms with Gasteiger partial charge in [-0.05, 0) is 31.5 Å². The third-order valence-corrected chi connectivity index (χ3v) is 5.99. The summed E-state index contributed by atoms with van der Waals surface area (Å²) in [6.07, 6.45) is 0.234. The number of hydrogen-bond acceptors (Lipinski definition) is 5. The Kier molecular flexibility index (Phi) is 3.73. The van der Waals surface area contributed by atoms with E-state index in [1.807, 2.05) is 49.1 Å². The molecule has 27 heavy (non-hydrogen) atoms. The monoisotopic (exact) mass is 366 g/mol. The Labute approximate surface area is 157 Å². The van der Waals surface area contributed by atoms with E-state index < -0.39 is 29.3 Å². The van der Waals surface area contributed by atoms with Crippen LogP contribution in [0, 0.1) is 5.41 Å². The number of benzene rings is 1. The third-order valence-electron chi connectivity index (χ3n) is 5.99. The number of amides is 4. The van der Waals surface area contributed by atoms with Crippen LogP contribution in [0.15, 0.2) is 30.3 Å². The van der Waals surface area contributed by atoms with Crippen LogP contribution >= 0.6 is 0 Å². The molecule has 0 radical (unpaired) electrons. The van der Waals surface area contributed by atoms with Gasteiger partial charge in [0.15, 0.2) is 5.41 Å². The van der Waals surface area contributed by atoms with Gasteiger partial charge >= 0.3 is 6.03 Å². The number of aromatic nitrogens is 1. The molecule has 140 valence electrons. The first kappa shape index (κ1) is 17.5. The first-order valence-corrected chi connectivity index (χ1v) is 9.08. The van der Waals surface area contributed by atoms with Gasteiger partial charge in [-0.25, -0.2) is 9.78 Å². The summed E-state index contributed by atoms with van der Waals surface area (Å²) < 4.78 is 0. The van der Waals surface area contributed by atoms with E-state index in [9.17, 15) is 14.4 Å². The van der Waals surface area contributed by atoms with Gasteiger partial charge in [-0.2, -0.15) is 0 Å². The van der Waals surface area contributed by atoms with Crippen LogP contribution in [0.1, 0.15) is 19.4 Å². The molecule has 1 spiro atoms. The molecule has 7 heteroatoms. The zero-order chi connectivity index (χ0) is 19.5. The molecule has 1 atom stereocenters. The van der Waals surface area contributed by atoms with Crippen molar-refractivity contribution in [3.8, 4) is 0 Å². The smallest absolute Gasteiger partial charge is 0.332 e. The molecular weight excluding hydrogens is 344 g/mol. The highest BCUT2D eigenvalue weighted by atomic mass is 16.2. The first-order chi connectivity index (χ1) is 12.8. The lowest BCUT2D eigenvalue weighted by molar-refractivity contribution is -0.158. The fraction of sp³-hybridized carbons (Fsp3) is 0.400. The molecule has 4 rings (SSSR count). The molecule has 4 amide bonds. The number of barbiturate groups is 1. The Morgan fingerprint density at radius 1 is 1.11 bits per heavy atom. The molecule has 1 unspecified atom stereocenters. The van der Waals surface area contributed by atoms with Gasteiger partial charge in [-0.1, -0.05) is 18.2 Å². The minimum Gasteiger partial charge on any atom is -0.352 e. The predicted molar refractivity (Wildman–Crippen MR) is 101 cm³/mol.